The highest BCUT2D eigenvalue weighted by Gasteiger charge is 2.20. The highest BCUT2D eigenvalue weighted by atomic mass is 15.2. The monoisotopic (exact) mass is 740 g/mol. The van der Waals surface area contributed by atoms with Gasteiger partial charge in [0.2, 0.25) is 0 Å². The SMILES string of the molecule is c1ccc(-c2cccc(-c3ccc(N(c4ccccc4)c4cc(-c5cc6ccccc6c6ccccc56)cc(N(c5ccccc5)c5ccccc5)c4)cc3)c2)cc1. The summed E-state index contributed by atoms with van der Waals surface area (Å²) >= 11 is 0. The first-order valence-electron chi connectivity index (χ1n) is 19.8. The molecule has 2 heteroatoms. The van der Waals surface area contributed by atoms with Crippen molar-refractivity contribution in [3.05, 3.63) is 243 Å². The summed E-state index contributed by atoms with van der Waals surface area (Å²) in [5.74, 6) is 0. The number of nitrogens with zero attached hydrogens (tertiary/aromatic N) is 2. The van der Waals surface area contributed by atoms with Crippen molar-refractivity contribution in [2.45, 2.75) is 0 Å². The summed E-state index contributed by atoms with van der Waals surface area (Å²) < 4.78 is 0. The Balaban J connectivity index is 1.18. The van der Waals surface area contributed by atoms with E-state index in [4.69, 9.17) is 0 Å². The zero-order chi connectivity index (χ0) is 38.7. The Kier molecular flexibility index (Phi) is 9.27. The summed E-state index contributed by atoms with van der Waals surface area (Å²) in [5, 5.41) is 4.95. The highest BCUT2D eigenvalue weighted by Crippen LogP contribution is 2.45. The lowest BCUT2D eigenvalue weighted by molar-refractivity contribution is 1.25. The Labute approximate surface area is 340 Å². The third-order valence-corrected chi connectivity index (χ3v) is 11.0. The molecule has 0 amide bonds. The number of benzene rings is 10. The third-order valence-electron chi connectivity index (χ3n) is 11.0. The molecular weight excluding hydrogens is 701 g/mol. The minimum atomic E-state index is 1.06. The van der Waals surface area contributed by atoms with Crippen LogP contribution in [0.25, 0.3) is 54.9 Å². The van der Waals surface area contributed by atoms with Crippen molar-refractivity contribution in [3.8, 4) is 33.4 Å². The normalized spacial score (nSPS) is 11.1. The molecule has 0 aliphatic heterocycles. The van der Waals surface area contributed by atoms with Crippen molar-refractivity contribution in [1.29, 1.82) is 0 Å². The number of para-hydroxylation sites is 3. The van der Waals surface area contributed by atoms with Gasteiger partial charge in [0.15, 0.2) is 0 Å². The topological polar surface area (TPSA) is 6.48 Å². The van der Waals surface area contributed by atoms with E-state index in [0.717, 1.165) is 39.7 Å². The molecule has 0 unspecified atom stereocenters. The van der Waals surface area contributed by atoms with Gasteiger partial charge in [-0.1, -0.05) is 164 Å². The first-order valence-corrected chi connectivity index (χ1v) is 19.8. The van der Waals surface area contributed by atoms with Crippen LogP contribution in [-0.2, 0) is 0 Å². The van der Waals surface area contributed by atoms with Crippen LogP contribution in [0.5, 0.6) is 0 Å². The van der Waals surface area contributed by atoms with Crippen molar-refractivity contribution in [1.82, 2.24) is 0 Å². The molecule has 10 rings (SSSR count). The molecule has 0 aliphatic rings. The molecule has 0 aliphatic carbocycles. The maximum Gasteiger partial charge on any atom is 0.0488 e. The molecule has 0 heterocycles. The fraction of sp³-hybridized carbons (Fsp3) is 0. The van der Waals surface area contributed by atoms with E-state index in [9.17, 15) is 0 Å². The molecule has 10 aromatic carbocycles. The second-order valence-corrected chi connectivity index (χ2v) is 14.6. The van der Waals surface area contributed by atoms with Gasteiger partial charge in [0.25, 0.3) is 0 Å². The maximum atomic E-state index is 2.38. The Hall–Kier alpha value is -7.68. The molecule has 0 saturated carbocycles. The molecule has 0 fully saturated rings. The Bertz CT molecular complexity index is 2940. The number of fused-ring (bicyclic) bond motifs is 3. The molecule has 0 radical (unpaired) electrons. The van der Waals surface area contributed by atoms with Gasteiger partial charge in [-0.3, -0.25) is 0 Å². The minimum Gasteiger partial charge on any atom is -0.310 e. The van der Waals surface area contributed by atoms with E-state index < -0.39 is 0 Å². The average molecular weight is 741 g/mol. The highest BCUT2D eigenvalue weighted by molar-refractivity contribution is 6.14. The summed E-state index contributed by atoms with van der Waals surface area (Å²) in [7, 11) is 0. The molecule has 0 atom stereocenters. The van der Waals surface area contributed by atoms with Crippen LogP contribution in [0.2, 0.25) is 0 Å². The summed E-state index contributed by atoms with van der Waals surface area (Å²) in [5.41, 5.74) is 13.6. The van der Waals surface area contributed by atoms with Crippen LogP contribution in [-0.4, -0.2) is 0 Å². The number of hydrogen-bond donors (Lipinski definition) is 0. The smallest absolute Gasteiger partial charge is 0.0488 e. The predicted octanol–water partition coefficient (Wildman–Crippen LogP) is 15.9. The van der Waals surface area contributed by atoms with Gasteiger partial charge < -0.3 is 9.80 Å². The lowest BCUT2D eigenvalue weighted by atomic mass is 9.92. The van der Waals surface area contributed by atoms with Gasteiger partial charge in [-0.05, 0) is 134 Å². The predicted molar refractivity (Wildman–Crippen MR) is 247 cm³/mol. The lowest BCUT2D eigenvalue weighted by Crippen LogP contribution is -2.13. The Morgan fingerprint density at radius 2 is 0.621 bits per heavy atom. The van der Waals surface area contributed by atoms with Gasteiger partial charge >= 0.3 is 0 Å². The quantitative estimate of drug-likeness (QED) is 0.136. The second-order valence-electron chi connectivity index (χ2n) is 14.6. The molecule has 0 bridgehead atoms. The summed E-state index contributed by atoms with van der Waals surface area (Å²) in [6.45, 7) is 0. The molecule has 10 aromatic rings. The number of anilines is 6. The molecular formula is C56H40N2. The van der Waals surface area contributed by atoms with Crippen molar-refractivity contribution in [3.63, 3.8) is 0 Å². The van der Waals surface area contributed by atoms with Gasteiger partial charge in [-0.25, -0.2) is 0 Å². The minimum absolute atomic E-state index is 1.06. The van der Waals surface area contributed by atoms with E-state index in [1.807, 2.05) is 0 Å². The van der Waals surface area contributed by atoms with E-state index in [2.05, 4.69) is 252 Å². The fourth-order valence-corrected chi connectivity index (χ4v) is 8.24. The summed E-state index contributed by atoms with van der Waals surface area (Å²) in [4.78, 5) is 4.75. The molecule has 2 nitrogen and oxygen atoms in total. The molecule has 274 valence electrons. The molecule has 0 aromatic heterocycles. The Morgan fingerprint density at radius 3 is 1.17 bits per heavy atom. The van der Waals surface area contributed by atoms with Crippen molar-refractivity contribution in [2.24, 2.45) is 0 Å². The van der Waals surface area contributed by atoms with Crippen LogP contribution >= 0.6 is 0 Å². The van der Waals surface area contributed by atoms with E-state index in [1.54, 1.807) is 0 Å². The lowest BCUT2D eigenvalue weighted by Gasteiger charge is -2.30. The van der Waals surface area contributed by atoms with Crippen LogP contribution in [0.1, 0.15) is 0 Å². The van der Waals surface area contributed by atoms with Gasteiger partial charge in [-0.2, -0.15) is 0 Å². The van der Waals surface area contributed by atoms with Crippen LogP contribution in [0.4, 0.5) is 34.1 Å². The zero-order valence-corrected chi connectivity index (χ0v) is 32.0. The van der Waals surface area contributed by atoms with Crippen LogP contribution < -0.4 is 9.80 Å². The van der Waals surface area contributed by atoms with E-state index in [1.165, 1.54) is 49.4 Å². The first kappa shape index (κ1) is 34.8. The van der Waals surface area contributed by atoms with E-state index in [0.29, 0.717) is 0 Å². The van der Waals surface area contributed by atoms with Crippen molar-refractivity contribution < 1.29 is 0 Å². The third kappa shape index (κ3) is 6.78. The largest absolute Gasteiger partial charge is 0.310 e. The van der Waals surface area contributed by atoms with Gasteiger partial charge in [0.1, 0.15) is 0 Å². The number of rotatable bonds is 9. The van der Waals surface area contributed by atoms with Crippen LogP contribution in [0.15, 0.2) is 243 Å². The molecule has 0 spiro atoms. The Morgan fingerprint density at radius 1 is 0.207 bits per heavy atom. The fourth-order valence-electron chi connectivity index (χ4n) is 8.24. The van der Waals surface area contributed by atoms with E-state index >= 15 is 0 Å². The molecule has 58 heavy (non-hydrogen) atoms. The molecule has 0 N–H and O–H groups in total. The summed E-state index contributed by atoms with van der Waals surface area (Å²) in [6, 6.07) is 87.4. The standard InChI is InChI=1S/C56H40N2/c1-5-18-41(19-6-1)43-21-17-22-44(36-43)42-32-34-50(35-33-42)58(49-27-11-4-12-28-49)52-38-46(56-39-45-20-13-14-29-53(45)54-30-15-16-31-55(54)56)37-51(40-52)57(47-23-7-2-8-24-47)48-25-9-3-10-26-48/h1-40H. The maximum absolute atomic E-state index is 2.38. The van der Waals surface area contributed by atoms with Crippen LogP contribution in [0.3, 0.4) is 0 Å². The van der Waals surface area contributed by atoms with E-state index in [-0.39, 0.29) is 0 Å². The molecule has 0 saturated heterocycles. The number of hydrogen-bond acceptors (Lipinski definition) is 2. The summed E-state index contributed by atoms with van der Waals surface area (Å²) in [6.07, 6.45) is 0. The van der Waals surface area contributed by atoms with Crippen molar-refractivity contribution >= 4 is 55.7 Å². The van der Waals surface area contributed by atoms with Gasteiger partial charge in [-0.15, -0.1) is 0 Å². The average Bonchev–Trinajstić information content (AvgIpc) is 3.30. The van der Waals surface area contributed by atoms with Gasteiger partial charge in [0, 0.05) is 34.1 Å². The van der Waals surface area contributed by atoms with Crippen molar-refractivity contribution in [2.75, 3.05) is 9.80 Å². The zero-order valence-electron chi connectivity index (χ0n) is 32.0. The van der Waals surface area contributed by atoms with Gasteiger partial charge in [0.05, 0.1) is 0 Å². The second kappa shape index (κ2) is 15.5. The first-order chi connectivity index (χ1) is 28.8. The van der Waals surface area contributed by atoms with Crippen LogP contribution in [0, 0.1) is 0 Å².